The van der Waals surface area contributed by atoms with Crippen LogP contribution in [0.1, 0.15) is 18.7 Å². The van der Waals surface area contributed by atoms with Gasteiger partial charge in [0, 0.05) is 6.20 Å². The maximum atomic E-state index is 5.97. The zero-order chi connectivity index (χ0) is 11.0. The van der Waals surface area contributed by atoms with Crippen LogP contribution >= 0.6 is 11.6 Å². The number of hydrogen-bond donors (Lipinski definition) is 0. The summed E-state index contributed by atoms with van der Waals surface area (Å²) in [5.41, 5.74) is 0.860. The van der Waals surface area contributed by atoms with E-state index in [1.807, 2.05) is 22.7 Å². The van der Waals surface area contributed by atoms with Crippen molar-refractivity contribution in [2.24, 2.45) is 0 Å². The minimum absolute atomic E-state index is 0.718. The van der Waals surface area contributed by atoms with Crippen LogP contribution < -0.4 is 0 Å². The third-order valence-electron chi connectivity index (χ3n) is 3.00. The standard InChI is InChI=1S/C11H13ClN4/c12-9-3-4-10-13-14-11(16(10)7-9)8-15-5-1-2-6-15/h3-4,7H,1-2,5-6,8H2. The second-order valence-electron chi connectivity index (χ2n) is 4.18. The lowest BCUT2D eigenvalue weighted by atomic mass is 10.4. The zero-order valence-corrected chi connectivity index (χ0v) is 9.69. The molecule has 1 fully saturated rings. The van der Waals surface area contributed by atoms with Crippen molar-refractivity contribution in [2.45, 2.75) is 19.4 Å². The van der Waals surface area contributed by atoms with Gasteiger partial charge in [-0.3, -0.25) is 9.30 Å². The van der Waals surface area contributed by atoms with E-state index >= 15 is 0 Å². The Bertz CT molecular complexity index is 502. The summed E-state index contributed by atoms with van der Waals surface area (Å²) < 4.78 is 1.97. The second kappa shape index (κ2) is 4.03. The van der Waals surface area contributed by atoms with Gasteiger partial charge in [0.1, 0.15) is 0 Å². The highest BCUT2D eigenvalue weighted by atomic mass is 35.5. The molecule has 1 aliphatic rings. The van der Waals surface area contributed by atoms with Crippen LogP contribution in [0.5, 0.6) is 0 Å². The average molecular weight is 237 g/mol. The van der Waals surface area contributed by atoms with Crippen LogP contribution in [0.3, 0.4) is 0 Å². The van der Waals surface area contributed by atoms with Gasteiger partial charge in [0.05, 0.1) is 11.6 Å². The lowest BCUT2D eigenvalue weighted by Crippen LogP contribution is -2.20. The maximum Gasteiger partial charge on any atom is 0.160 e. The Morgan fingerprint density at radius 1 is 1.19 bits per heavy atom. The first-order chi connectivity index (χ1) is 7.83. The SMILES string of the molecule is Clc1ccc2nnc(CN3CCCC3)n2c1. The molecule has 0 aromatic carbocycles. The first kappa shape index (κ1) is 10.1. The van der Waals surface area contributed by atoms with E-state index in [0.717, 1.165) is 36.1 Å². The fraction of sp³-hybridized carbons (Fsp3) is 0.455. The summed E-state index contributed by atoms with van der Waals surface area (Å²) in [6.07, 6.45) is 4.46. The van der Waals surface area contributed by atoms with Crippen molar-refractivity contribution in [3.8, 4) is 0 Å². The lowest BCUT2D eigenvalue weighted by Gasteiger charge is -2.12. The molecular weight excluding hydrogens is 224 g/mol. The predicted molar refractivity (Wildman–Crippen MR) is 62.5 cm³/mol. The first-order valence-corrected chi connectivity index (χ1v) is 5.92. The zero-order valence-electron chi connectivity index (χ0n) is 8.93. The molecule has 2 aromatic rings. The van der Waals surface area contributed by atoms with E-state index in [2.05, 4.69) is 15.1 Å². The van der Waals surface area contributed by atoms with Gasteiger partial charge in [-0.2, -0.15) is 0 Å². The molecule has 4 nitrogen and oxygen atoms in total. The summed E-state index contributed by atoms with van der Waals surface area (Å²) >= 11 is 5.97. The Labute approximate surface area is 98.8 Å². The van der Waals surface area contributed by atoms with E-state index < -0.39 is 0 Å². The second-order valence-corrected chi connectivity index (χ2v) is 4.61. The van der Waals surface area contributed by atoms with Crippen LogP contribution in [0.15, 0.2) is 18.3 Å². The maximum absolute atomic E-state index is 5.97. The molecule has 2 aromatic heterocycles. The topological polar surface area (TPSA) is 33.4 Å². The highest BCUT2D eigenvalue weighted by Crippen LogP contribution is 2.15. The van der Waals surface area contributed by atoms with E-state index in [0.29, 0.717) is 0 Å². The number of fused-ring (bicyclic) bond motifs is 1. The van der Waals surface area contributed by atoms with Crippen molar-refractivity contribution in [2.75, 3.05) is 13.1 Å². The molecule has 0 saturated carbocycles. The number of nitrogens with zero attached hydrogens (tertiary/aromatic N) is 4. The average Bonchev–Trinajstić information content (AvgIpc) is 2.90. The largest absolute Gasteiger partial charge is 0.296 e. The third kappa shape index (κ3) is 1.79. The molecule has 0 unspecified atom stereocenters. The van der Waals surface area contributed by atoms with Gasteiger partial charge in [-0.25, -0.2) is 0 Å². The van der Waals surface area contributed by atoms with Gasteiger partial charge in [-0.1, -0.05) is 11.6 Å². The van der Waals surface area contributed by atoms with Gasteiger partial charge in [0.15, 0.2) is 11.5 Å². The van der Waals surface area contributed by atoms with Gasteiger partial charge in [0.25, 0.3) is 0 Å². The Balaban J connectivity index is 1.93. The summed E-state index contributed by atoms with van der Waals surface area (Å²) in [4.78, 5) is 2.40. The molecule has 0 aliphatic carbocycles. The van der Waals surface area contributed by atoms with Crippen molar-refractivity contribution in [3.63, 3.8) is 0 Å². The quantitative estimate of drug-likeness (QED) is 0.800. The molecule has 16 heavy (non-hydrogen) atoms. The summed E-state index contributed by atoms with van der Waals surface area (Å²) in [5, 5.41) is 9.06. The number of rotatable bonds is 2. The van der Waals surface area contributed by atoms with Crippen molar-refractivity contribution < 1.29 is 0 Å². The Hall–Kier alpha value is -1.13. The molecule has 1 aliphatic heterocycles. The van der Waals surface area contributed by atoms with Gasteiger partial charge < -0.3 is 0 Å². The van der Waals surface area contributed by atoms with Crippen LogP contribution in [-0.2, 0) is 6.54 Å². The molecule has 1 saturated heterocycles. The van der Waals surface area contributed by atoms with E-state index in [-0.39, 0.29) is 0 Å². The third-order valence-corrected chi connectivity index (χ3v) is 3.22. The van der Waals surface area contributed by atoms with Gasteiger partial charge in [-0.15, -0.1) is 10.2 Å². The van der Waals surface area contributed by atoms with Crippen LogP contribution in [-0.4, -0.2) is 32.6 Å². The minimum Gasteiger partial charge on any atom is -0.296 e. The van der Waals surface area contributed by atoms with Gasteiger partial charge >= 0.3 is 0 Å². The summed E-state index contributed by atoms with van der Waals surface area (Å²) in [6, 6.07) is 3.73. The van der Waals surface area contributed by atoms with Crippen molar-refractivity contribution in [1.29, 1.82) is 0 Å². The molecule has 84 valence electrons. The minimum atomic E-state index is 0.718. The molecular formula is C11H13ClN4. The molecule has 0 N–H and O–H groups in total. The number of pyridine rings is 1. The number of likely N-dealkylation sites (tertiary alicyclic amines) is 1. The van der Waals surface area contributed by atoms with E-state index in [1.165, 1.54) is 12.8 Å². The van der Waals surface area contributed by atoms with Crippen molar-refractivity contribution >= 4 is 17.2 Å². The normalized spacial score (nSPS) is 17.3. The Morgan fingerprint density at radius 2 is 2.00 bits per heavy atom. The van der Waals surface area contributed by atoms with E-state index in [9.17, 15) is 0 Å². The fourth-order valence-corrected chi connectivity index (χ4v) is 2.32. The molecule has 0 bridgehead atoms. The smallest absolute Gasteiger partial charge is 0.160 e. The fourth-order valence-electron chi connectivity index (χ4n) is 2.16. The van der Waals surface area contributed by atoms with Crippen LogP contribution in [0.25, 0.3) is 5.65 Å². The number of aromatic nitrogens is 3. The van der Waals surface area contributed by atoms with Crippen LogP contribution in [0, 0.1) is 0 Å². The number of hydrogen-bond acceptors (Lipinski definition) is 3. The summed E-state index contributed by atoms with van der Waals surface area (Å²) in [7, 11) is 0. The summed E-state index contributed by atoms with van der Waals surface area (Å²) in [5.74, 6) is 0.972. The molecule has 5 heteroatoms. The molecule has 0 atom stereocenters. The molecule has 0 amide bonds. The predicted octanol–water partition coefficient (Wildman–Crippen LogP) is 1.98. The molecule has 3 rings (SSSR count). The van der Waals surface area contributed by atoms with Crippen LogP contribution in [0.2, 0.25) is 5.02 Å². The first-order valence-electron chi connectivity index (χ1n) is 5.54. The molecule has 0 spiro atoms. The molecule has 0 radical (unpaired) electrons. The lowest BCUT2D eigenvalue weighted by molar-refractivity contribution is 0.321. The Kier molecular flexibility index (Phi) is 2.53. The highest BCUT2D eigenvalue weighted by Gasteiger charge is 2.15. The van der Waals surface area contributed by atoms with Crippen molar-refractivity contribution in [3.05, 3.63) is 29.2 Å². The van der Waals surface area contributed by atoms with Gasteiger partial charge in [0.2, 0.25) is 0 Å². The monoisotopic (exact) mass is 236 g/mol. The van der Waals surface area contributed by atoms with Gasteiger partial charge in [-0.05, 0) is 38.1 Å². The molecule has 3 heterocycles. The number of halogens is 1. The van der Waals surface area contributed by atoms with Crippen molar-refractivity contribution in [1.82, 2.24) is 19.5 Å². The Morgan fingerprint density at radius 3 is 2.81 bits per heavy atom. The van der Waals surface area contributed by atoms with E-state index in [4.69, 9.17) is 11.6 Å². The van der Waals surface area contributed by atoms with E-state index in [1.54, 1.807) is 0 Å². The highest BCUT2D eigenvalue weighted by molar-refractivity contribution is 6.30. The van der Waals surface area contributed by atoms with Crippen LogP contribution in [0.4, 0.5) is 0 Å². The summed E-state index contributed by atoms with van der Waals surface area (Å²) in [6.45, 7) is 3.19.